The second-order valence-electron chi connectivity index (χ2n) is 6.43. The molecule has 0 saturated carbocycles. The molecule has 0 N–H and O–H groups in total. The van der Waals surface area contributed by atoms with Gasteiger partial charge in [0.1, 0.15) is 23.2 Å². The Morgan fingerprint density at radius 2 is 2.03 bits per heavy atom. The molecule has 30 heavy (non-hydrogen) atoms. The number of carbonyl (C=O) groups excluding carboxylic acids is 2. The van der Waals surface area contributed by atoms with Gasteiger partial charge in [-0.25, -0.2) is 9.48 Å². The van der Waals surface area contributed by atoms with Crippen molar-refractivity contribution in [1.29, 1.82) is 5.26 Å². The van der Waals surface area contributed by atoms with Gasteiger partial charge in [-0.2, -0.15) is 10.4 Å². The predicted molar refractivity (Wildman–Crippen MR) is 111 cm³/mol. The molecule has 8 heteroatoms. The quantitative estimate of drug-likeness (QED) is 0.331. The van der Waals surface area contributed by atoms with Crippen LogP contribution in [0.25, 0.3) is 17.4 Å². The van der Waals surface area contributed by atoms with Crippen molar-refractivity contribution in [3.05, 3.63) is 69.7 Å². The van der Waals surface area contributed by atoms with Crippen molar-refractivity contribution in [3.8, 4) is 17.4 Å². The number of aromatic nitrogens is 2. The van der Waals surface area contributed by atoms with E-state index in [4.69, 9.17) is 20.8 Å². The van der Waals surface area contributed by atoms with Gasteiger partial charge >= 0.3 is 5.97 Å². The van der Waals surface area contributed by atoms with Crippen LogP contribution in [0.5, 0.6) is 0 Å². The first-order valence-electron chi connectivity index (χ1n) is 9.10. The zero-order chi connectivity index (χ0) is 21.8. The van der Waals surface area contributed by atoms with Crippen LogP contribution < -0.4 is 0 Å². The van der Waals surface area contributed by atoms with E-state index in [-0.39, 0.29) is 22.8 Å². The summed E-state index contributed by atoms with van der Waals surface area (Å²) in [6, 6.07) is 11.8. The summed E-state index contributed by atoms with van der Waals surface area (Å²) in [5, 5.41) is 13.8. The SMILES string of the molecule is CCOC(=O)c1cc(-c2ccc(/C=C(\C#N)C(=O)n3nc(C)cc3C)o2)ccc1Cl. The molecule has 0 aliphatic rings. The van der Waals surface area contributed by atoms with Crippen LogP contribution in [-0.2, 0) is 4.74 Å². The van der Waals surface area contributed by atoms with E-state index in [0.717, 1.165) is 0 Å². The van der Waals surface area contributed by atoms with Crippen LogP contribution in [0.3, 0.4) is 0 Å². The number of rotatable bonds is 5. The van der Waals surface area contributed by atoms with E-state index in [9.17, 15) is 14.9 Å². The fourth-order valence-electron chi connectivity index (χ4n) is 2.86. The molecule has 3 rings (SSSR count). The predicted octanol–water partition coefficient (Wildman–Crippen LogP) is 4.84. The number of aryl methyl sites for hydroxylation is 2. The zero-order valence-electron chi connectivity index (χ0n) is 16.6. The molecule has 2 heterocycles. The highest BCUT2D eigenvalue weighted by Gasteiger charge is 2.17. The van der Waals surface area contributed by atoms with Crippen LogP contribution in [0.2, 0.25) is 5.02 Å². The molecule has 7 nitrogen and oxygen atoms in total. The van der Waals surface area contributed by atoms with E-state index >= 15 is 0 Å². The third kappa shape index (κ3) is 4.34. The van der Waals surface area contributed by atoms with E-state index in [0.29, 0.717) is 28.5 Å². The van der Waals surface area contributed by atoms with Crippen LogP contribution in [0.1, 0.15) is 39.2 Å². The van der Waals surface area contributed by atoms with Gasteiger partial charge in [0.25, 0.3) is 5.91 Å². The largest absolute Gasteiger partial charge is 0.462 e. The number of hydrogen-bond donors (Lipinski definition) is 0. The molecule has 2 aromatic heterocycles. The molecule has 152 valence electrons. The van der Waals surface area contributed by atoms with Gasteiger partial charge < -0.3 is 9.15 Å². The summed E-state index contributed by atoms with van der Waals surface area (Å²) in [4.78, 5) is 24.7. The van der Waals surface area contributed by atoms with Gasteiger partial charge in [-0.15, -0.1) is 0 Å². The third-order valence-electron chi connectivity index (χ3n) is 4.21. The number of halogens is 1. The number of allylic oxidation sites excluding steroid dienone is 1. The fourth-order valence-corrected chi connectivity index (χ4v) is 3.06. The van der Waals surface area contributed by atoms with Crippen molar-refractivity contribution < 1.29 is 18.7 Å². The van der Waals surface area contributed by atoms with Crippen molar-refractivity contribution in [3.63, 3.8) is 0 Å². The fraction of sp³-hybridized carbons (Fsp3) is 0.182. The number of nitriles is 1. The summed E-state index contributed by atoms with van der Waals surface area (Å²) in [5.74, 6) is -0.321. The molecule has 0 bridgehead atoms. The standard InChI is InChI=1S/C22H18ClN3O4/c1-4-29-22(28)18-11-15(5-7-19(18)23)20-8-6-17(30-20)10-16(12-24)21(27)26-14(3)9-13(2)25-26/h5-11H,4H2,1-3H3/b16-10+. The van der Waals surface area contributed by atoms with Gasteiger partial charge in [-0.1, -0.05) is 11.6 Å². The van der Waals surface area contributed by atoms with E-state index in [1.165, 1.54) is 10.8 Å². The van der Waals surface area contributed by atoms with E-state index in [1.807, 2.05) is 6.07 Å². The first-order chi connectivity index (χ1) is 14.3. The maximum absolute atomic E-state index is 12.6. The number of esters is 1. The van der Waals surface area contributed by atoms with Gasteiger partial charge in [0.2, 0.25) is 0 Å². The minimum Gasteiger partial charge on any atom is -0.462 e. The Bertz CT molecular complexity index is 1200. The number of hydrogen-bond acceptors (Lipinski definition) is 6. The van der Waals surface area contributed by atoms with Crippen LogP contribution >= 0.6 is 11.6 Å². The Labute approximate surface area is 178 Å². The second-order valence-corrected chi connectivity index (χ2v) is 6.84. The monoisotopic (exact) mass is 423 g/mol. The summed E-state index contributed by atoms with van der Waals surface area (Å²) in [6.07, 6.45) is 1.35. The van der Waals surface area contributed by atoms with Crippen molar-refractivity contribution in [2.24, 2.45) is 0 Å². The molecular formula is C22H18ClN3O4. The Kier molecular flexibility index (Phi) is 6.19. The molecule has 0 spiro atoms. The Morgan fingerprint density at radius 1 is 1.27 bits per heavy atom. The minimum atomic E-state index is -0.544. The minimum absolute atomic E-state index is 0.120. The second kappa shape index (κ2) is 8.80. The van der Waals surface area contributed by atoms with Crippen LogP contribution in [0.15, 0.2) is 46.4 Å². The number of benzene rings is 1. The normalized spacial score (nSPS) is 11.2. The smallest absolute Gasteiger partial charge is 0.339 e. The summed E-state index contributed by atoms with van der Waals surface area (Å²) >= 11 is 6.09. The lowest BCUT2D eigenvalue weighted by molar-refractivity contribution is 0.0526. The molecule has 0 fully saturated rings. The lowest BCUT2D eigenvalue weighted by Crippen LogP contribution is -2.15. The average molecular weight is 424 g/mol. The molecule has 0 atom stereocenters. The van der Waals surface area contributed by atoms with Gasteiger partial charge in [0, 0.05) is 17.3 Å². The van der Waals surface area contributed by atoms with Crippen molar-refractivity contribution in [2.45, 2.75) is 20.8 Å². The number of ether oxygens (including phenoxy) is 1. The summed E-state index contributed by atoms with van der Waals surface area (Å²) in [7, 11) is 0. The maximum Gasteiger partial charge on any atom is 0.339 e. The van der Waals surface area contributed by atoms with E-state index in [2.05, 4.69) is 5.10 Å². The first kappa shape index (κ1) is 21.1. The average Bonchev–Trinajstić information content (AvgIpc) is 3.32. The lowest BCUT2D eigenvalue weighted by atomic mass is 10.1. The number of carbonyl (C=O) groups is 2. The van der Waals surface area contributed by atoms with Crippen molar-refractivity contribution in [2.75, 3.05) is 6.61 Å². The molecule has 0 unspecified atom stereocenters. The van der Waals surface area contributed by atoms with Crippen molar-refractivity contribution in [1.82, 2.24) is 9.78 Å². The lowest BCUT2D eigenvalue weighted by Gasteiger charge is -2.06. The van der Waals surface area contributed by atoms with Crippen molar-refractivity contribution >= 4 is 29.6 Å². The molecule has 0 saturated heterocycles. The summed E-state index contributed by atoms with van der Waals surface area (Å²) in [6.45, 7) is 5.44. The van der Waals surface area contributed by atoms with Gasteiger partial charge in [0.15, 0.2) is 0 Å². The topological polar surface area (TPSA) is 98.1 Å². The molecule has 0 aliphatic carbocycles. The molecule has 0 aliphatic heterocycles. The van der Waals surface area contributed by atoms with Crippen LogP contribution in [0.4, 0.5) is 0 Å². The summed E-state index contributed by atoms with van der Waals surface area (Å²) < 4.78 is 11.9. The Morgan fingerprint density at radius 3 is 2.67 bits per heavy atom. The van der Waals surface area contributed by atoms with E-state index < -0.39 is 11.9 Å². The number of furan rings is 1. The first-order valence-corrected chi connectivity index (χ1v) is 9.48. The number of nitrogens with zero attached hydrogens (tertiary/aromatic N) is 3. The van der Waals surface area contributed by atoms with E-state index in [1.54, 1.807) is 57.2 Å². The molecule has 0 radical (unpaired) electrons. The Balaban J connectivity index is 1.91. The molecule has 1 aromatic carbocycles. The van der Waals surface area contributed by atoms with Gasteiger partial charge in [0.05, 0.1) is 22.9 Å². The van der Waals surface area contributed by atoms with Crippen LogP contribution in [-0.4, -0.2) is 28.3 Å². The molecule has 0 amide bonds. The highest BCUT2D eigenvalue weighted by molar-refractivity contribution is 6.33. The highest BCUT2D eigenvalue weighted by Crippen LogP contribution is 2.28. The Hall–Kier alpha value is -3.63. The zero-order valence-corrected chi connectivity index (χ0v) is 17.4. The van der Waals surface area contributed by atoms with Gasteiger partial charge in [-0.3, -0.25) is 4.79 Å². The molecule has 3 aromatic rings. The highest BCUT2D eigenvalue weighted by atomic mass is 35.5. The third-order valence-corrected chi connectivity index (χ3v) is 4.54. The molecular weight excluding hydrogens is 406 g/mol. The summed E-state index contributed by atoms with van der Waals surface area (Å²) in [5.41, 5.74) is 2.02. The van der Waals surface area contributed by atoms with Gasteiger partial charge in [-0.05, 0) is 57.2 Å². The van der Waals surface area contributed by atoms with Crippen LogP contribution in [0, 0.1) is 25.2 Å². The maximum atomic E-state index is 12.6.